The molecule has 0 atom stereocenters. The van der Waals surface area contributed by atoms with Crippen LogP contribution in [-0.2, 0) is 6.42 Å². The highest BCUT2D eigenvalue weighted by molar-refractivity contribution is 7.19. The van der Waals surface area contributed by atoms with Crippen LogP contribution in [0.5, 0.6) is 0 Å². The Hall–Kier alpha value is -3.10. The monoisotopic (exact) mass is 434 g/mol. The summed E-state index contributed by atoms with van der Waals surface area (Å²) >= 11 is 1.97. The summed E-state index contributed by atoms with van der Waals surface area (Å²) in [5, 5.41) is 6.39. The van der Waals surface area contributed by atoms with Gasteiger partial charge in [-0.2, -0.15) is 0 Å². The molecule has 2 heteroatoms. The standard InChI is InChI=1S/C30H26OS/c1-2-3-4-5-11-22-19-26-29(32-22)18-20-10-6-7-12-23(20)30(26)21-15-16-28-25(17-21)24-13-8-9-14-27(24)31-28/h6-10,12-19H,2-5,11H2,1H3. The SMILES string of the molecule is CCCCCCc1cc2c(-c3ccc4oc5ccccc5c4c3)c3ccccc3cc2s1. The molecule has 0 aliphatic heterocycles. The van der Waals surface area contributed by atoms with Gasteiger partial charge in [-0.3, -0.25) is 0 Å². The molecule has 2 aromatic heterocycles. The maximum Gasteiger partial charge on any atom is 0.135 e. The van der Waals surface area contributed by atoms with Crippen molar-refractivity contribution in [1.82, 2.24) is 0 Å². The van der Waals surface area contributed by atoms with Crippen LogP contribution in [0.2, 0.25) is 0 Å². The van der Waals surface area contributed by atoms with Crippen molar-refractivity contribution in [3.05, 3.63) is 83.7 Å². The fourth-order valence-electron chi connectivity index (χ4n) is 4.94. The Morgan fingerprint density at radius 3 is 2.41 bits per heavy atom. The molecule has 0 saturated carbocycles. The number of aryl methyl sites for hydroxylation is 1. The van der Waals surface area contributed by atoms with Gasteiger partial charge in [0.25, 0.3) is 0 Å². The van der Waals surface area contributed by atoms with Gasteiger partial charge in [0.15, 0.2) is 0 Å². The minimum Gasteiger partial charge on any atom is -0.456 e. The second kappa shape index (κ2) is 8.11. The summed E-state index contributed by atoms with van der Waals surface area (Å²) in [7, 11) is 0. The third-order valence-corrected chi connectivity index (χ3v) is 7.68. The van der Waals surface area contributed by atoms with E-state index in [4.69, 9.17) is 4.42 Å². The fraction of sp³-hybridized carbons (Fsp3) is 0.200. The predicted octanol–water partition coefficient (Wildman–Crippen LogP) is 9.74. The average Bonchev–Trinajstić information content (AvgIpc) is 3.40. The van der Waals surface area contributed by atoms with E-state index in [1.54, 1.807) is 0 Å². The van der Waals surface area contributed by atoms with E-state index >= 15 is 0 Å². The minimum absolute atomic E-state index is 0.951. The highest BCUT2D eigenvalue weighted by atomic mass is 32.1. The first kappa shape index (κ1) is 19.6. The highest BCUT2D eigenvalue weighted by Gasteiger charge is 2.15. The van der Waals surface area contributed by atoms with Gasteiger partial charge in [0.2, 0.25) is 0 Å². The third kappa shape index (κ3) is 3.30. The van der Waals surface area contributed by atoms with E-state index in [0.717, 1.165) is 11.2 Å². The van der Waals surface area contributed by atoms with Crippen LogP contribution in [0.4, 0.5) is 0 Å². The quantitative estimate of drug-likeness (QED) is 0.238. The third-order valence-electron chi connectivity index (χ3n) is 6.54. The maximum absolute atomic E-state index is 6.09. The van der Waals surface area contributed by atoms with Gasteiger partial charge in [-0.15, -0.1) is 11.3 Å². The molecule has 0 amide bonds. The van der Waals surface area contributed by atoms with Crippen LogP contribution in [0.25, 0.3) is 53.9 Å². The van der Waals surface area contributed by atoms with Gasteiger partial charge >= 0.3 is 0 Å². The molecule has 0 saturated heterocycles. The molecule has 0 bridgehead atoms. The molecule has 158 valence electrons. The first-order valence-corrected chi connectivity index (χ1v) is 12.5. The fourth-order valence-corrected chi connectivity index (χ4v) is 6.10. The van der Waals surface area contributed by atoms with Crippen LogP contribution >= 0.6 is 11.3 Å². The smallest absolute Gasteiger partial charge is 0.135 e. The largest absolute Gasteiger partial charge is 0.456 e. The summed E-state index contributed by atoms with van der Waals surface area (Å²) in [4.78, 5) is 1.50. The van der Waals surface area contributed by atoms with Gasteiger partial charge in [0.05, 0.1) is 0 Å². The summed E-state index contributed by atoms with van der Waals surface area (Å²) in [6, 6.07) is 28.6. The lowest BCUT2D eigenvalue weighted by Crippen LogP contribution is -1.84. The van der Waals surface area contributed by atoms with Crippen molar-refractivity contribution < 1.29 is 4.42 Å². The summed E-state index contributed by atoms with van der Waals surface area (Å²) in [6.45, 7) is 2.28. The normalized spacial score (nSPS) is 11.9. The number of furan rings is 1. The van der Waals surface area contributed by atoms with E-state index in [1.165, 1.54) is 79.7 Å². The second-order valence-corrected chi connectivity index (χ2v) is 9.89. The number of benzene rings is 4. The molecule has 4 aromatic carbocycles. The molecule has 0 radical (unpaired) electrons. The van der Waals surface area contributed by atoms with Gasteiger partial charge in [-0.1, -0.05) is 74.7 Å². The first-order valence-electron chi connectivity index (χ1n) is 11.7. The zero-order chi connectivity index (χ0) is 21.5. The van der Waals surface area contributed by atoms with Crippen molar-refractivity contribution in [2.24, 2.45) is 0 Å². The van der Waals surface area contributed by atoms with Crippen molar-refractivity contribution in [2.75, 3.05) is 0 Å². The second-order valence-electron chi connectivity index (χ2n) is 8.72. The summed E-state index contributed by atoms with van der Waals surface area (Å²) in [5.74, 6) is 0. The van der Waals surface area contributed by atoms with Crippen LogP contribution in [0.15, 0.2) is 83.3 Å². The molecule has 0 aliphatic carbocycles. The van der Waals surface area contributed by atoms with Gasteiger partial charge in [-0.25, -0.2) is 0 Å². The maximum atomic E-state index is 6.09. The summed E-state index contributed by atoms with van der Waals surface area (Å²) < 4.78 is 7.48. The Morgan fingerprint density at radius 1 is 0.688 bits per heavy atom. The molecule has 6 rings (SSSR count). The van der Waals surface area contributed by atoms with E-state index in [2.05, 4.69) is 79.7 Å². The molecule has 0 unspecified atom stereocenters. The Morgan fingerprint density at radius 2 is 1.50 bits per heavy atom. The number of hydrogen-bond donors (Lipinski definition) is 0. The molecule has 0 spiro atoms. The van der Waals surface area contributed by atoms with E-state index in [-0.39, 0.29) is 0 Å². The molecule has 1 nitrogen and oxygen atoms in total. The number of para-hydroxylation sites is 1. The number of fused-ring (bicyclic) bond motifs is 5. The molecule has 0 aliphatic rings. The molecule has 2 heterocycles. The number of unbranched alkanes of at least 4 members (excludes halogenated alkanes) is 3. The molecule has 0 fully saturated rings. The van der Waals surface area contributed by atoms with Crippen LogP contribution in [0, 0.1) is 0 Å². The van der Waals surface area contributed by atoms with E-state index in [9.17, 15) is 0 Å². The van der Waals surface area contributed by atoms with E-state index < -0.39 is 0 Å². The lowest BCUT2D eigenvalue weighted by atomic mass is 9.94. The zero-order valence-electron chi connectivity index (χ0n) is 18.4. The number of rotatable bonds is 6. The zero-order valence-corrected chi connectivity index (χ0v) is 19.2. The molecule has 6 aromatic rings. The molecular weight excluding hydrogens is 408 g/mol. The van der Waals surface area contributed by atoms with Gasteiger partial charge in [0.1, 0.15) is 11.2 Å². The minimum atomic E-state index is 0.951. The average molecular weight is 435 g/mol. The van der Waals surface area contributed by atoms with Crippen molar-refractivity contribution >= 4 is 54.1 Å². The Balaban J connectivity index is 1.56. The number of thiophene rings is 1. The van der Waals surface area contributed by atoms with Crippen molar-refractivity contribution in [1.29, 1.82) is 0 Å². The van der Waals surface area contributed by atoms with Gasteiger partial charge < -0.3 is 4.42 Å². The van der Waals surface area contributed by atoms with E-state index in [1.807, 2.05) is 17.4 Å². The molecular formula is C30H26OS. The summed E-state index contributed by atoms with van der Waals surface area (Å²) in [5.41, 5.74) is 4.52. The van der Waals surface area contributed by atoms with Gasteiger partial charge in [0, 0.05) is 25.7 Å². The van der Waals surface area contributed by atoms with Crippen LogP contribution in [-0.4, -0.2) is 0 Å². The Bertz CT molecular complexity index is 1570. The van der Waals surface area contributed by atoms with Crippen LogP contribution < -0.4 is 0 Å². The lowest BCUT2D eigenvalue weighted by Gasteiger charge is -2.10. The highest BCUT2D eigenvalue weighted by Crippen LogP contribution is 2.42. The Labute approximate surface area is 192 Å². The summed E-state index contributed by atoms with van der Waals surface area (Å²) in [6.07, 6.45) is 6.40. The van der Waals surface area contributed by atoms with Crippen LogP contribution in [0.1, 0.15) is 37.5 Å². The Kier molecular flexibility index (Phi) is 4.96. The van der Waals surface area contributed by atoms with Gasteiger partial charge in [-0.05, 0) is 65.1 Å². The van der Waals surface area contributed by atoms with Crippen molar-refractivity contribution in [3.63, 3.8) is 0 Å². The lowest BCUT2D eigenvalue weighted by molar-refractivity contribution is 0.669. The van der Waals surface area contributed by atoms with Crippen molar-refractivity contribution in [2.45, 2.75) is 39.0 Å². The van der Waals surface area contributed by atoms with E-state index in [0.29, 0.717) is 0 Å². The van der Waals surface area contributed by atoms with Crippen LogP contribution in [0.3, 0.4) is 0 Å². The first-order chi connectivity index (χ1) is 15.8. The molecule has 32 heavy (non-hydrogen) atoms. The predicted molar refractivity (Wildman–Crippen MR) is 140 cm³/mol. The van der Waals surface area contributed by atoms with Crippen molar-refractivity contribution in [3.8, 4) is 11.1 Å². The topological polar surface area (TPSA) is 13.1 Å². The number of hydrogen-bond acceptors (Lipinski definition) is 2. The molecule has 0 N–H and O–H groups in total.